The van der Waals surface area contributed by atoms with Gasteiger partial charge in [-0.05, 0) is 24.3 Å². The first kappa shape index (κ1) is 18.3. The van der Waals surface area contributed by atoms with Crippen molar-refractivity contribution in [1.29, 1.82) is 0 Å². The molecule has 0 fully saturated rings. The SMILES string of the molecule is O=C(CCNc1ccc(C(F)(F)F)cc1[N+](=O)[O-])NCc1ccco1. The van der Waals surface area contributed by atoms with E-state index in [1.54, 1.807) is 12.1 Å². The van der Waals surface area contributed by atoms with Gasteiger partial charge in [-0.15, -0.1) is 0 Å². The van der Waals surface area contributed by atoms with Crippen molar-refractivity contribution >= 4 is 17.3 Å². The van der Waals surface area contributed by atoms with Crippen molar-refractivity contribution in [3.63, 3.8) is 0 Å². The summed E-state index contributed by atoms with van der Waals surface area (Å²) in [6.45, 7) is 0.225. The van der Waals surface area contributed by atoms with Gasteiger partial charge in [0.15, 0.2) is 0 Å². The number of anilines is 1. The highest BCUT2D eigenvalue weighted by Gasteiger charge is 2.33. The summed E-state index contributed by atoms with van der Waals surface area (Å²) in [5, 5.41) is 16.1. The van der Waals surface area contributed by atoms with Crippen molar-refractivity contribution in [2.45, 2.75) is 19.1 Å². The van der Waals surface area contributed by atoms with E-state index in [0.717, 1.165) is 12.1 Å². The second-order valence-electron chi connectivity index (χ2n) is 5.02. The topological polar surface area (TPSA) is 97.4 Å². The standard InChI is InChI=1S/C15H14F3N3O4/c16-15(17,18)10-3-4-12(13(8-10)21(23)24)19-6-5-14(22)20-9-11-2-1-7-25-11/h1-4,7-8,19H,5-6,9H2,(H,20,22). The predicted molar refractivity (Wildman–Crippen MR) is 81.8 cm³/mol. The van der Waals surface area contributed by atoms with Crippen LogP contribution in [0.1, 0.15) is 17.7 Å². The maximum Gasteiger partial charge on any atom is 0.416 e. The van der Waals surface area contributed by atoms with E-state index in [4.69, 9.17) is 4.42 Å². The number of hydrogen-bond acceptors (Lipinski definition) is 5. The van der Waals surface area contributed by atoms with Crippen LogP contribution in [-0.4, -0.2) is 17.4 Å². The Morgan fingerprint density at radius 3 is 2.64 bits per heavy atom. The highest BCUT2D eigenvalue weighted by Crippen LogP contribution is 2.34. The van der Waals surface area contributed by atoms with Crippen LogP contribution < -0.4 is 10.6 Å². The molecule has 2 N–H and O–H groups in total. The molecule has 0 aliphatic rings. The monoisotopic (exact) mass is 357 g/mol. The largest absolute Gasteiger partial charge is 0.467 e. The van der Waals surface area contributed by atoms with Crippen LogP contribution in [0.2, 0.25) is 0 Å². The van der Waals surface area contributed by atoms with Crippen LogP contribution in [0.15, 0.2) is 41.0 Å². The molecular weight excluding hydrogens is 343 g/mol. The van der Waals surface area contributed by atoms with Gasteiger partial charge in [-0.3, -0.25) is 14.9 Å². The van der Waals surface area contributed by atoms with E-state index >= 15 is 0 Å². The van der Waals surface area contributed by atoms with Gasteiger partial charge in [0.2, 0.25) is 5.91 Å². The zero-order valence-electron chi connectivity index (χ0n) is 12.8. The summed E-state index contributed by atoms with van der Waals surface area (Å²) in [6.07, 6.45) is -3.22. The Labute approximate surface area is 140 Å². The van der Waals surface area contributed by atoms with Gasteiger partial charge in [-0.1, -0.05) is 0 Å². The number of nitrogens with zero attached hydrogens (tertiary/aromatic N) is 1. The lowest BCUT2D eigenvalue weighted by atomic mass is 10.1. The van der Waals surface area contributed by atoms with Gasteiger partial charge in [-0.25, -0.2) is 0 Å². The summed E-state index contributed by atoms with van der Waals surface area (Å²) in [6, 6.07) is 5.53. The van der Waals surface area contributed by atoms with Crippen LogP contribution in [0.4, 0.5) is 24.5 Å². The van der Waals surface area contributed by atoms with Crippen LogP contribution >= 0.6 is 0 Å². The molecule has 1 amide bonds. The predicted octanol–water partition coefficient (Wildman–Crippen LogP) is 3.33. The number of alkyl halides is 3. The number of halogens is 3. The molecular formula is C15H14F3N3O4. The summed E-state index contributed by atoms with van der Waals surface area (Å²) < 4.78 is 42.9. The molecule has 0 saturated heterocycles. The molecule has 2 rings (SSSR count). The Kier molecular flexibility index (Phi) is 5.63. The van der Waals surface area contributed by atoms with Crippen LogP contribution in [0, 0.1) is 10.1 Å². The molecule has 1 aromatic heterocycles. The number of benzene rings is 1. The van der Waals surface area contributed by atoms with Crippen molar-refractivity contribution in [1.82, 2.24) is 5.32 Å². The van der Waals surface area contributed by atoms with Crippen molar-refractivity contribution < 1.29 is 27.3 Å². The molecule has 25 heavy (non-hydrogen) atoms. The smallest absolute Gasteiger partial charge is 0.416 e. The van der Waals surface area contributed by atoms with E-state index in [1.807, 2.05) is 0 Å². The normalized spacial score (nSPS) is 11.2. The minimum absolute atomic E-state index is 0.0150. The maximum atomic E-state index is 12.6. The zero-order valence-corrected chi connectivity index (χ0v) is 12.8. The number of hydrogen-bond donors (Lipinski definition) is 2. The Balaban J connectivity index is 1.91. The fourth-order valence-corrected chi connectivity index (χ4v) is 2.01. The molecule has 0 aliphatic heterocycles. The molecule has 0 spiro atoms. The number of nitro benzene ring substituents is 1. The minimum atomic E-state index is -4.67. The van der Waals surface area contributed by atoms with Gasteiger partial charge in [0.1, 0.15) is 11.4 Å². The van der Waals surface area contributed by atoms with Crippen molar-refractivity contribution in [3.8, 4) is 0 Å². The molecule has 134 valence electrons. The first-order valence-corrected chi connectivity index (χ1v) is 7.16. The van der Waals surface area contributed by atoms with Crippen LogP contribution in [0.3, 0.4) is 0 Å². The molecule has 7 nitrogen and oxygen atoms in total. The summed E-state index contributed by atoms with van der Waals surface area (Å²) in [5.41, 5.74) is -1.90. The maximum absolute atomic E-state index is 12.6. The number of carbonyl (C=O) groups is 1. The fraction of sp³-hybridized carbons (Fsp3) is 0.267. The van der Waals surface area contributed by atoms with Gasteiger partial charge in [-0.2, -0.15) is 13.2 Å². The van der Waals surface area contributed by atoms with Crippen LogP contribution in [-0.2, 0) is 17.5 Å². The Morgan fingerprint density at radius 2 is 2.04 bits per heavy atom. The van der Waals surface area contributed by atoms with E-state index in [0.29, 0.717) is 11.8 Å². The van der Waals surface area contributed by atoms with Gasteiger partial charge in [0, 0.05) is 19.0 Å². The quantitative estimate of drug-likeness (QED) is 0.585. The molecule has 0 bridgehead atoms. The third-order valence-corrected chi connectivity index (χ3v) is 3.23. The molecule has 0 radical (unpaired) electrons. The highest BCUT2D eigenvalue weighted by molar-refractivity contribution is 5.76. The second-order valence-corrected chi connectivity index (χ2v) is 5.02. The van der Waals surface area contributed by atoms with E-state index in [1.165, 1.54) is 6.26 Å². The molecule has 0 aliphatic carbocycles. The van der Waals surface area contributed by atoms with Crippen molar-refractivity contribution in [3.05, 3.63) is 58.0 Å². The molecule has 0 atom stereocenters. The van der Waals surface area contributed by atoms with Crippen molar-refractivity contribution in [2.24, 2.45) is 0 Å². The number of amides is 1. The molecule has 0 unspecified atom stereocenters. The molecule has 10 heteroatoms. The van der Waals surface area contributed by atoms with Gasteiger partial charge < -0.3 is 15.1 Å². The lowest BCUT2D eigenvalue weighted by Crippen LogP contribution is -2.24. The molecule has 1 heterocycles. The minimum Gasteiger partial charge on any atom is -0.467 e. The molecule has 2 aromatic rings. The average molecular weight is 357 g/mol. The summed E-state index contributed by atoms with van der Waals surface area (Å²) in [5.74, 6) is 0.234. The summed E-state index contributed by atoms with van der Waals surface area (Å²) in [7, 11) is 0. The van der Waals surface area contributed by atoms with E-state index in [9.17, 15) is 28.1 Å². The average Bonchev–Trinajstić information content (AvgIpc) is 3.05. The van der Waals surface area contributed by atoms with Gasteiger partial charge >= 0.3 is 6.18 Å². The number of furan rings is 1. The number of nitrogens with one attached hydrogen (secondary N) is 2. The van der Waals surface area contributed by atoms with E-state index in [-0.39, 0.29) is 31.1 Å². The third-order valence-electron chi connectivity index (χ3n) is 3.23. The third kappa shape index (κ3) is 5.23. The van der Waals surface area contributed by atoms with Gasteiger partial charge in [0.05, 0.1) is 23.3 Å². The van der Waals surface area contributed by atoms with Crippen LogP contribution in [0.5, 0.6) is 0 Å². The molecule has 1 aromatic carbocycles. The number of nitro groups is 1. The Bertz CT molecular complexity index is 745. The van der Waals surface area contributed by atoms with Crippen molar-refractivity contribution in [2.75, 3.05) is 11.9 Å². The van der Waals surface area contributed by atoms with E-state index in [2.05, 4.69) is 10.6 Å². The summed E-state index contributed by atoms with van der Waals surface area (Å²) >= 11 is 0. The first-order valence-electron chi connectivity index (χ1n) is 7.16. The summed E-state index contributed by atoms with van der Waals surface area (Å²) in [4.78, 5) is 21.7. The van der Waals surface area contributed by atoms with Gasteiger partial charge in [0.25, 0.3) is 5.69 Å². The number of carbonyl (C=O) groups excluding carboxylic acids is 1. The first-order chi connectivity index (χ1) is 11.8. The fourth-order valence-electron chi connectivity index (χ4n) is 2.01. The number of rotatable bonds is 7. The van der Waals surface area contributed by atoms with Crippen LogP contribution in [0.25, 0.3) is 0 Å². The lowest BCUT2D eigenvalue weighted by Gasteiger charge is -2.10. The zero-order chi connectivity index (χ0) is 18.4. The van der Waals surface area contributed by atoms with E-state index < -0.39 is 22.4 Å². The molecule has 0 saturated carbocycles. The Morgan fingerprint density at radius 1 is 1.28 bits per heavy atom. The highest BCUT2D eigenvalue weighted by atomic mass is 19.4. The lowest BCUT2D eigenvalue weighted by molar-refractivity contribution is -0.384. The Hall–Kier alpha value is -3.04. The second kappa shape index (κ2) is 7.69.